The van der Waals surface area contributed by atoms with Gasteiger partial charge in [-0.25, -0.2) is 4.79 Å². The third kappa shape index (κ3) is 5.57. The Kier molecular flexibility index (Phi) is 7.78. The van der Waals surface area contributed by atoms with E-state index in [1.54, 1.807) is 0 Å². The van der Waals surface area contributed by atoms with E-state index in [-0.39, 0.29) is 48.8 Å². The number of anilines is 2. The zero-order valence-electron chi connectivity index (χ0n) is 17.5. The molecule has 8 heteroatoms. The van der Waals surface area contributed by atoms with Crippen molar-refractivity contribution in [2.75, 3.05) is 30.9 Å². The molecule has 1 aromatic heterocycles. The molecule has 0 aliphatic rings. The summed E-state index contributed by atoms with van der Waals surface area (Å²) in [4.78, 5) is 41.5. The van der Waals surface area contributed by atoms with Gasteiger partial charge >= 0.3 is 5.69 Å². The first-order chi connectivity index (χ1) is 13.8. The summed E-state index contributed by atoms with van der Waals surface area (Å²) in [6.45, 7) is 6.55. The zero-order valence-corrected chi connectivity index (χ0v) is 17.5. The number of benzene rings is 1. The van der Waals surface area contributed by atoms with Crippen LogP contribution in [0, 0.1) is 5.92 Å². The fraction of sp³-hybridized carbons (Fsp3) is 0.476. The van der Waals surface area contributed by atoms with Gasteiger partial charge in [0.15, 0.2) is 5.69 Å². The Bertz CT molecular complexity index is 934. The Hall–Kier alpha value is -2.87. The van der Waals surface area contributed by atoms with Crippen molar-refractivity contribution in [1.82, 2.24) is 9.55 Å². The molecular weight excluding hydrogens is 372 g/mol. The number of carbonyl (C=O) groups is 1. The molecule has 8 nitrogen and oxygen atoms in total. The standard InChI is InChI=1S/C21H30N4O4/c1-14(2)13-25-19(22)18(20(27)23-21(25)28)24(10-11-29-4)17(26)12-15(3)16-8-6-5-7-9-16/h5-9,14-15H,10-13,22H2,1-4H3,(H,23,27,28). The fourth-order valence-electron chi connectivity index (χ4n) is 3.20. The Morgan fingerprint density at radius 2 is 1.86 bits per heavy atom. The summed E-state index contributed by atoms with van der Waals surface area (Å²) in [6.07, 6.45) is 0.190. The third-order valence-corrected chi connectivity index (χ3v) is 4.70. The minimum atomic E-state index is -0.677. The molecule has 0 bridgehead atoms. The van der Waals surface area contributed by atoms with Gasteiger partial charge in [0.05, 0.1) is 6.61 Å². The summed E-state index contributed by atoms with van der Waals surface area (Å²) in [5, 5.41) is 0. The predicted molar refractivity (Wildman–Crippen MR) is 114 cm³/mol. The van der Waals surface area contributed by atoms with Crippen LogP contribution in [-0.2, 0) is 16.1 Å². The van der Waals surface area contributed by atoms with Crippen molar-refractivity contribution in [3.8, 4) is 0 Å². The third-order valence-electron chi connectivity index (χ3n) is 4.70. The molecule has 1 atom stereocenters. The summed E-state index contributed by atoms with van der Waals surface area (Å²) in [5.41, 5.74) is 5.96. The molecule has 1 aromatic carbocycles. The van der Waals surface area contributed by atoms with Gasteiger partial charge in [-0.1, -0.05) is 51.1 Å². The van der Waals surface area contributed by atoms with E-state index in [2.05, 4.69) is 4.98 Å². The van der Waals surface area contributed by atoms with Gasteiger partial charge in [0.25, 0.3) is 5.56 Å². The number of nitrogens with zero attached hydrogens (tertiary/aromatic N) is 2. The van der Waals surface area contributed by atoms with Gasteiger partial charge in [-0.15, -0.1) is 0 Å². The van der Waals surface area contributed by atoms with Crippen LogP contribution in [0.4, 0.5) is 11.5 Å². The molecule has 2 aromatic rings. The van der Waals surface area contributed by atoms with Gasteiger partial charge in [-0.05, 0) is 17.4 Å². The fourth-order valence-corrected chi connectivity index (χ4v) is 3.20. The number of nitrogen functional groups attached to an aromatic ring is 1. The highest BCUT2D eigenvalue weighted by Crippen LogP contribution is 2.23. The lowest BCUT2D eigenvalue weighted by Crippen LogP contribution is -2.43. The number of methoxy groups -OCH3 is 1. The number of ether oxygens (including phenoxy) is 1. The van der Waals surface area contributed by atoms with Gasteiger partial charge in [0.1, 0.15) is 5.82 Å². The molecule has 0 spiro atoms. The van der Waals surface area contributed by atoms with E-state index in [1.165, 1.54) is 16.6 Å². The summed E-state index contributed by atoms with van der Waals surface area (Å²) in [7, 11) is 1.52. The van der Waals surface area contributed by atoms with Crippen LogP contribution in [-0.4, -0.2) is 35.7 Å². The first-order valence-corrected chi connectivity index (χ1v) is 9.73. The van der Waals surface area contributed by atoms with Crippen LogP contribution in [0.5, 0.6) is 0 Å². The van der Waals surface area contributed by atoms with Crippen molar-refractivity contribution in [1.29, 1.82) is 0 Å². The highest BCUT2D eigenvalue weighted by atomic mass is 16.5. The average Bonchev–Trinajstić information content (AvgIpc) is 2.67. The first-order valence-electron chi connectivity index (χ1n) is 9.73. The van der Waals surface area contributed by atoms with Crippen molar-refractivity contribution >= 4 is 17.4 Å². The maximum atomic E-state index is 13.1. The number of nitrogens with two attached hydrogens (primary N) is 1. The monoisotopic (exact) mass is 402 g/mol. The summed E-state index contributed by atoms with van der Waals surface area (Å²) in [5.74, 6) is -0.180. The van der Waals surface area contributed by atoms with Gasteiger partial charge < -0.3 is 15.4 Å². The van der Waals surface area contributed by atoms with Crippen LogP contribution >= 0.6 is 0 Å². The Morgan fingerprint density at radius 3 is 2.45 bits per heavy atom. The SMILES string of the molecule is COCCN(C(=O)CC(C)c1ccccc1)c1c(N)n(CC(C)C)c(=O)[nH]c1=O. The number of carbonyl (C=O) groups excluding carboxylic acids is 1. The smallest absolute Gasteiger partial charge is 0.330 e. The molecule has 1 unspecified atom stereocenters. The van der Waals surface area contributed by atoms with E-state index >= 15 is 0 Å². The molecule has 0 aliphatic carbocycles. The van der Waals surface area contributed by atoms with E-state index in [0.29, 0.717) is 6.54 Å². The molecular formula is C21H30N4O4. The van der Waals surface area contributed by atoms with Crippen LogP contribution in [0.2, 0.25) is 0 Å². The lowest BCUT2D eigenvalue weighted by Gasteiger charge is -2.26. The summed E-state index contributed by atoms with van der Waals surface area (Å²) in [6, 6.07) is 9.68. The molecule has 0 saturated carbocycles. The van der Waals surface area contributed by atoms with E-state index in [9.17, 15) is 14.4 Å². The number of nitrogens with one attached hydrogen (secondary N) is 1. The highest BCUT2D eigenvalue weighted by Gasteiger charge is 2.25. The van der Waals surface area contributed by atoms with Crippen LogP contribution in [0.1, 0.15) is 38.7 Å². The largest absolute Gasteiger partial charge is 0.383 e. The minimum absolute atomic E-state index is 0.00689. The van der Waals surface area contributed by atoms with Crippen LogP contribution in [0.15, 0.2) is 39.9 Å². The molecule has 158 valence electrons. The number of hydrogen-bond acceptors (Lipinski definition) is 5. The van der Waals surface area contributed by atoms with Crippen molar-refractivity contribution < 1.29 is 9.53 Å². The number of amides is 1. The lowest BCUT2D eigenvalue weighted by atomic mass is 9.97. The van der Waals surface area contributed by atoms with E-state index < -0.39 is 11.2 Å². The van der Waals surface area contributed by atoms with Gasteiger partial charge in [0.2, 0.25) is 5.91 Å². The van der Waals surface area contributed by atoms with E-state index in [1.807, 2.05) is 51.1 Å². The van der Waals surface area contributed by atoms with Crippen molar-refractivity contribution in [2.24, 2.45) is 5.92 Å². The highest BCUT2D eigenvalue weighted by molar-refractivity contribution is 5.96. The summed E-state index contributed by atoms with van der Waals surface area (Å²) >= 11 is 0. The maximum absolute atomic E-state index is 13.1. The van der Waals surface area contributed by atoms with E-state index in [0.717, 1.165) is 5.56 Å². The average molecular weight is 402 g/mol. The predicted octanol–water partition coefficient (Wildman–Crippen LogP) is 1.95. The molecule has 2 rings (SSSR count). The molecule has 1 amide bonds. The molecule has 0 radical (unpaired) electrons. The normalized spacial score (nSPS) is 12.2. The van der Waals surface area contributed by atoms with Gasteiger partial charge in [-0.2, -0.15) is 0 Å². The number of aromatic nitrogens is 2. The van der Waals surface area contributed by atoms with Gasteiger partial charge in [0, 0.05) is 26.6 Å². The topological polar surface area (TPSA) is 110 Å². The van der Waals surface area contributed by atoms with Crippen molar-refractivity contribution in [3.05, 3.63) is 56.7 Å². The molecule has 0 aliphatic heterocycles. The zero-order chi connectivity index (χ0) is 21.6. The van der Waals surface area contributed by atoms with Gasteiger partial charge in [-0.3, -0.25) is 19.1 Å². The molecule has 0 saturated heterocycles. The number of hydrogen-bond donors (Lipinski definition) is 2. The van der Waals surface area contributed by atoms with Crippen molar-refractivity contribution in [2.45, 2.75) is 39.7 Å². The molecule has 3 N–H and O–H groups in total. The number of aromatic amines is 1. The summed E-state index contributed by atoms with van der Waals surface area (Å²) < 4.78 is 6.42. The van der Waals surface area contributed by atoms with Crippen LogP contribution < -0.4 is 21.9 Å². The second kappa shape index (κ2) is 10.1. The second-order valence-corrected chi connectivity index (χ2v) is 7.55. The second-order valence-electron chi connectivity index (χ2n) is 7.55. The lowest BCUT2D eigenvalue weighted by molar-refractivity contribution is -0.119. The maximum Gasteiger partial charge on any atom is 0.330 e. The Labute approximate surface area is 170 Å². The minimum Gasteiger partial charge on any atom is -0.383 e. The van der Waals surface area contributed by atoms with Crippen LogP contribution in [0.25, 0.3) is 0 Å². The number of rotatable bonds is 9. The van der Waals surface area contributed by atoms with Crippen molar-refractivity contribution in [3.63, 3.8) is 0 Å². The molecule has 29 heavy (non-hydrogen) atoms. The van der Waals surface area contributed by atoms with E-state index in [4.69, 9.17) is 10.5 Å². The quantitative estimate of drug-likeness (QED) is 0.666. The Morgan fingerprint density at radius 1 is 1.21 bits per heavy atom. The Balaban J connectivity index is 2.42. The molecule has 1 heterocycles. The van der Waals surface area contributed by atoms with Crippen LogP contribution in [0.3, 0.4) is 0 Å². The number of H-pyrrole nitrogens is 1. The first kappa shape index (κ1) is 22.4. The molecule has 0 fully saturated rings.